The molecule has 0 amide bonds. The average molecular weight is 102 g/mol. The predicted molar refractivity (Wildman–Crippen MR) is 34.0 cm³/mol. The summed E-state index contributed by atoms with van der Waals surface area (Å²) in [6.07, 6.45) is 0. The lowest BCUT2D eigenvalue weighted by Crippen LogP contribution is -2.25. The van der Waals surface area contributed by atoms with Crippen LogP contribution in [0, 0.1) is 0 Å². The van der Waals surface area contributed by atoms with Crippen LogP contribution in [-0.2, 0) is 0 Å². The Morgan fingerprint density at radius 2 is 1.71 bits per heavy atom. The Kier molecular flexibility index (Phi) is 12.9. The lowest BCUT2D eigenvalue weighted by molar-refractivity contribution is 0.752. The molecule has 0 aliphatic heterocycles. The monoisotopic (exact) mass is 102 g/mol. The van der Waals surface area contributed by atoms with Gasteiger partial charge in [-0.2, -0.15) is 0 Å². The van der Waals surface area contributed by atoms with Crippen molar-refractivity contribution in [2.75, 3.05) is 6.54 Å². The minimum absolute atomic E-state index is 0.162. The quantitative estimate of drug-likeness (QED) is 0.461. The van der Waals surface area contributed by atoms with Gasteiger partial charge in [0.2, 0.25) is 0 Å². The van der Waals surface area contributed by atoms with Crippen LogP contribution < -0.4 is 11.5 Å². The minimum Gasteiger partial charge on any atom is -0.329 e. The summed E-state index contributed by atoms with van der Waals surface area (Å²) < 4.78 is 0. The number of hydrogen-bond donors (Lipinski definition) is 2. The molecule has 2 nitrogen and oxygen atoms in total. The van der Waals surface area contributed by atoms with Crippen molar-refractivity contribution < 1.29 is 0 Å². The Balaban J connectivity index is 0. The van der Waals surface area contributed by atoms with Crippen LogP contribution in [0.4, 0.5) is 0 Å². The highest BCUT2D eigenvalue weighted by molar-refractivity contribution is 4.48. The summed E-state index contributed by atoms with van der Waals surface area (Å²) >= 11 is 0. The first-order chi connectivity index (χ1) is 3.27. The molecule has 0 saturated heterocycles. The van der Waals surface area contributed by atoms with Gasteiger partial charge in [-0.05, 0) is 6.92 Å². The molecule has 0 aliphatic rings. The largest absolute Gasteiger partial charge is 0.329 e. The van der Waals surface area contributed by atoms with Crippen LogP contribution in [0.15, 0.2) is 13.2 Å². The van der Waals surface area contributed by atoms with E-state index in [0.717, 1.165) is 0 Å². The smallest absolute Gasteiger partial charge is 0.0134 e. The summed E-state index contributed by atoms with van der Waals surface area (Å²) in [5, 5.41) is 0. The highest BCUT2D eigenvalue weighted by atomic mass is 14.7. The summed E-state index contributed by atoms with van der Waals surface area (Å²) in [4.78, 5) is 0. The molecule has 0 rings (SSSR count). The van der Waals surface area contributed by atoms with E-state index in [0.29, 0.717) is 6.54 Å². The van der Waals surface area contributed by atoms with Gasteiger partial charge < -0.3 is 11.5 Å². The molecule has 0 heterocycles. The van der Waals surface area contributed by atoms with E-state index in [9.17, 15) is 0 Å². The van der Waals surface area contributed by atoms with Crippen LogP contribution in [-0.4, -0.2) is 12.6 Å². The fourth-order valence-electron chi connectivity index (χ4n) is 0. The average Bonchev–Trinajstić information content (AvgIpc) is 1.73. The Morgan fingerprint density at radius 1 is 1.57 bits per heavy atom. The van der Waals surface area contributed by atoms with E-state index >= 15 is 0 Å². The number of hydrogen-bond acceptors (Lipinski definition) is 2. The van der Waals surface area contributed by atoms with E-state index < -0.39 is 0 Å². The van der Waals surface area contributed by atoms with Gasteiger partial charge >= 0.3 is 0 Å². The maximum absolute atomic E-state index is 5.17. The lowest BCUT2D eigenvalue weighted by atomic mass is 10.4. The summed E-state index contributed by atoms with van der Waals surface area (Å²) in [6.45, 7) is 8.46. The maximum atomic E-state index is 5.17. The van der Waals surface area contributed by atoms with Crippen molar-refractivity contribution >= 4 is 0 Å². The third kappa shape index (κ3) is 27.5. The molecule has 0 fully saturated rings. The zero-order chi connectivity index (χ0) is 6.28. The molecular weight excluding hydrogens is 88.1 g/mol. The van der Waals surface area contributed by atoms with Crippen molar-refractivity contribution in [3.05, 3.63) is 13.2 Å². The Morgan fingerprint density at radius 3 is 1.71 bits per heavy atom. The second-order valence-electron chi connectivity index (χ2n) is 1.21. The van der Waals surface area contributed by atoms with E-state index in [2.05, 4.69) is 13.2 Å². The highest BCUT2D eigenvalue weighted by Crippen LogP contribution is 1.59. The van der Waals surface area contributed by atoms with Crippen molar-refractivity contribution in [3.63, 3.8) is 0 Å². The number of nitrogens with two attached hydrogens (primary N) is 2. The molecule has 44 valence electrons. The molecule has 0 bridgehead atoms. The molecule has 0 aromatic carbocycles. The van der Waals surface area contributed by atoms with E-state index in [-0.39, 0.29) is 6.04 Å². The molecule has 0 aromatic heterocycles. The van der Waals surface area contributed by atoms with Crippen LogP contribution in [0.2, 0.25) is 0 Å². The Bertz CT molecular complexity index is 27.3. The molecule has 0 radical (unpaired) electrons. The van der Waals surface area contributed by atoms with Crippen molar-refractivity contribution in [1.29, 1.82) is 0 Å². The molecule has 7 heavy (non-hydrogen) atoms. The molecule has 0 aliphatic carbocycles. The van der Waals surface area contributed by atoms with Crippen LogP contribution in [0.1, 0.15) is 6.92 Å². The Hall–Kier alpha value is -0.340. The first kappa shape index (κ1) is 9.83. The minimum atomic E-state index is 0.162. The zero-order valence-corrected chi connectivity index (χ0v) is 4.85. The standard InChI is InChI=1S/C3H10N2.C2H4/c1-3(5)2-4;1-2/h3H,2,4-5H2,1H3;1-2H2. The van der Waals surface area contributed by atoms with Gasteiger partial charge in [0, 0.05) is 12.6 Å². The van der Waals surface area contributed by atoms with E-state index in [1.165, 1.54) is 0 Å². The van der Waals surface area contributed by atoms with Crippen molar-refractivity contribution in [1.82, 2.24) is 0 Å². The van der Waals surface area contributed by atoms with Crippen molar-refractivity contribution in [2.24, 2.45) is 11.5 Å². The van der Waals surface area contributed by atoms with Gasteiger partial charge in [0.05, 0.1) is 0 Å². The van der Waals surface area contributed by atoms with Gasteiger partial charge in [-0.25, -0.2) is 0 Å². The molecule has 4 N–H and O–H groups in total. The highest BCUT2D eigenvalue weighted by Gasteiger charge is 1.79. The first-order valence-corrected chi connectivity index (χ1v) is 2.23. The summed E-state index contributed by atoms with van der Waals surface area (Å²) in [6, 6.07) is 0.162. The molecule has 2 heteroatoms. The predicted octanol–water partition coefficient (Wildman–Crippen LogP) is 0.0945. The SMILES string of the molecule is C=C.CC(N)CN. The normalized spacial score (nSPS) is 11.3. The number of rotatable bonds is 1. The first-order valence-electron chi connectivity index (χ1n) is 2.23. The molecule has 0 saturated carbocycles. The van der Waals surface area contributed by atoms with E-state index in [1.807, 2.05) is 6.92 Å². The van der Waals surface area contributed by atoms with Crippen LogP contribution in [0.3, 0.4) is 0 Å². The second kappa shape index (κ2) is 9.18. The second-order valence-corrected chi connectivity index (χ2v) is 1.21. The fourth-order valence-corrected chi connectivity index (χ4v) is 0. The molecule has 1 atom stereocenters. The van der Waals surface area contributed by atoms with Crippen molar-refractivity contribution in [3.8, 4) is 0 Å². The van der Waals surface area contributed by atoms with Gasteiger partial charge in [-0.1, -0.05) is 0 Å². The van der Waals surface area contributed by atoms with Crippen LogP contribution in [0.25, 0.3) is 0 Å². The molecule has 0 spiro atoms. The molecule has 0 aromatic rings. The summed E-state index contributed by atoms with van der Waals surface area (Å²) in [5.41, 5.74) is 10.2. The van der Waals surface area contributed by atoms with Crippen LogP contribution >= 0.6 is 0 Å². The van der Waals surface area contributed by atoms with Gasteiger partial charge in [0.15, 0.2) is 0 Å². The van der Waals surface area contributed by atoms with Gasteiger partial charge in [-0.15, -0.1) is 13.2 Å². The Labute approximate surface area is 45.2 Å². The summed E-state index contributed by atoms with van der Waals surface area (Å²) in [5.74, 6) is 0. The van der Waals surface area contributed by atoms with Gasteiger partial charge in [0.25, 0.3) is 0 Å². The third-order valence-electron chi connectivity index (χ3n) is 0.372. The van der Waals surface area contributed by atoms with Crippen molar-refractivity contribution in [2.45, 2.75) is 13.0 Å². The van der Waals surface area contributed by atoms with E-state index in [1.54, 1.807) is 0 Å². The summed E-state index contributed by atoms with van der Waals surface area (Å²) in [7, 11) is 0. The molecular formula is C5H14N2. The van der Waals surface area contributed by atoms with Gasteiger partial charge in [-0.3, -0.25) is 0 Å². The lowest BCUT2D eigenvalue weighted by Gasteiger charge is -1.92. The topological polar surface area (TPSA) is 52.0 Å². The molecule has 1 unspecified atom stereocenters. The van der Waals surface area contributed by atoms with Crippen LogP contribution in [0.5, 0.6) is 0 Å². The van der Waals surface area contributed by atoms with E-state index in [4.69, 9.17) is 11.5 Å². The van der Waals surface area contributed by atoms with Gasteiger partial charge in [0.1, 0.15) is 0 Å². The maximum Gasteiger partial charge on any atom is 0.0134 e. The fraction of sp³-hybridized carbons (Fsp3) is 0.600. The zero-order valence-electron chi connectivity index (χ0n) is 4.85. The third-order valence-corrected chi connectivity index (χ3v) is 0.372.